The zero-order valence-corrected chi connectivity index (χ0v) is 20.6. The van der Waals surface area contributed by atoms with Crippen molar-refractivity contribution in [2.75, 3.05) is 18.6 Å². The molecule has 1 aliphatic rings. The molecular formula is C28H28N4O2S. The predicted molar refractivity (Wildman–Crippen MR) is 142 cm³/mol. The van der Waals surface area contributed by atoms with Gasteiger partial charge < -0.3 is 24.3 Å². The first-order valence-electron chi connectivity index (χ1n) is 11.6. The van der Waals surface area contributed by atoms with Gasteiger partial charge in [-0.25, -0.2) is 0 Å². The van der Waals surface area contributed by atoms with Gasteiger partial charge in [-0.15, -0.1) is 0 Å². The van der Waals surface area contributed by atoms with Crippen molar-refractivity contribution in [2.24, 2.45) is 0 Å². The summed E-state index contributed by atoms with van der Waals surface area (Å²) in [4.78, 5) is 6.81. The Balaban J connectivity index is 1.48. The molecule has 0 aliphatic carbocycles. The molecule has 0 radical (unpaired) electrons. The van der Waals surface area contributed by atoms with Crippen molar-refractivity contribution in [1.82, 2.24) is 14.9 Å². The number of aryl methyl sites for hydroxylation is 1. The Morgan fingerprint density at radius 2 is 1.69 bits per heavy atom. The summed E-state index contributed by atoms with van der Waals surface area (Å²) in [5, 5.41) is 4.18. The van der Waals surface area contributed by atoms with E-state index in [0.717, 1.165) is 35.1 Å². The lowest BCUT2D eigenvalue weighted by molar-refractivity contribution is 0.186. The number of hydrogen-bond acceptors (Lipinski definition) is 4. The topological polar surface area (TPSA) is 51.5 Å². The fourth-order valence-electron chi connectivity index (χ4n) is 4.44. The van der Waals surface area contributed by atoms with Gasteiger partial charge in [0.05, 0.1) is 18.3 Å². The van der Waals surface area contributed by atoms with Crippen molar-refractivity contribution in [2.45, 2.75) is 25.6 Å². The van der Waals surface area contributed by atoms with E-state index in [0.29, 0.717) is 11.7 Å². The highest BCUT2D eigenvalue weighted by molar-refractivity contribution is 7.80. The first kappa shape index (κ1) is 23.1. The normalized spacial score (nSPS) is 17.4. The van der Waals surface area contributed by atoms with Gasteiger partial charge in [-0.1, -0.05) is 23.8 Å². The molecule has 2 aromatic heterocycles. The molecule has 1 saturated heterocycles. The number of pyridine rings is 1. The molecule has 35 heavy (non-hydrogen) atoms. The van der Waals surface area contributed by atoms with Gasteiger partial charge in [-0.05, 0) is 79.8 Å². The average Bonchev–Trinajstić information content (AvgIpc) is 3.49. The minimum atomic E-state index is -0.0941. The van der Waals surface area contributed by atoms with Crippen LogP contribution in [-0.2, 0) is 11.3 Å². The zero-order chi connectivity index (χ0) is 24.2. The number of methoxy groups -OCH3 is 1. The van der Waals surface area contributed by atoms with E-state index in [9.17, 15) is 0 Å². The monoisotopic (exact) mass is 484 g/mol. The molecule has 0 unspecified atom stereocenters. The number of aromatic nitrogens is 2. The number of anilines is 1. The quantitative estimate of drug-likeness (QED) is 0.319. The van der Waals surface area contributed by atoms with Gasteiger partial charge in [0.2, 0.25) is 0 Å². The summed E-state index contributed by atoms with van der Waals surface area (Å²) >= 11 is 5.85. The largest absolute Gasteiger partial charge is 0.457 e. The minimum absolute atomic E-state index is 0.0758. The van der Waals surface area contributed by atoms with Crippen LogP contribution in [-0.4, -0.2) is 28.4 Å². The second-order valence-corrected chi connectivity index (χ2v) is 8.91. The van der Waals surface area contributed by atoms with Gasteiger partial charge in [0.25, 0.3) is 0 Å². The summed E-state index contributed by atoms with van der Waals surface area (Å²) in [7, 11) is 1.72. The van der Waals surface area contributed by atoms with E-state index in [4.69, 9.17) is 21.7 Å². The maximum atomic E-state index is 6.04. The first-order valence-corrected chi connectivity index (χ1v) is 12.0. The molecule has 0 amide bonds. The first-order chi connectivity index (χ1) is 17.1. The summed E-state index contributed by atoms with van der Waals surface area (Å²) in [6, 6.07) is 26.1. The van der Waals surface area contributed by atoms with Crippen molar-refractivity contribution in [3.05, 3.63) is 108 Å². The molecule has 1 fully saturated rings. The highest BCUT2D eigenvalue weighted by atomic mass is 32.1. The smallest absolute Gasteiger partial charge is 0.174 e. The number of hydrogen-bond donors (Lipinski definition) is 1. The number of benzene rings is 2. The van der Waals surface area contributed by atoms with Crippen LogP contribution in [0, 0.1) is 6.92 Å². The second kappa shape index (κ2) is 10.3. The standard InChI is InChI=1S/C28H28N4O2S/c1-20-8-12-22(13-9-20)34-23-14-10-21(11-15-23)32-27(25-7-5-17-31(25)18-19-33-2)26(30-28(32)35)24-6-3-4-16-29-24/h3-17,26-27H,18-19H2,1-2H3,(H,30,35)/t26-,27-/m0/s1. The molecule has 5 rings (SSSR count). The van der Waals surface area contributed by atoms with Gasteiger partial charge in [0, 0.05) is 37.4 Å². The molecule has 4 aromatic rings. The van der Waals surface area contributed by atoms with Crippen LogP contribution in [0.25, 0.3) is 0 Å². The summed E-state index contributed by atoms with van der Waals surface area (Å²) in [5.74, 6) is 1.59. The Morgan fingerprint density at radius 3 is 2.37 bits per heavy atom. The molecule has 1 N–H and O–H groups in total. The van der Waals surface area contributed by atoms with Crippen LogP contribution in [0.15, 0.2) is 91.3 Å². The van der Waals surface area contributed by atoms with Crippen LogP contribution in [0.3, 0.4) is 0 Å². The lowest BCUT2D eigenvalue weighted by atomic mass is 10.0. The number of nitrogens with zero attached hydrogens (tertiary/aromatic N) is 3. The Hall–Kier alpha value is -3.68. The number of ether oxygens (including phenoxy) is 2. The molecule has 7 heteroatoms. The average molecular weight is 485 g/mol. The fourth-order valence-corrected chi connectivity index (χ4v) is 4.79. The van der Waals surface area contributed by atoms with Gasteiger partial charge in [0.15, 0.2) is 5.11 Å². The molecule has 0 saturated carbocycles. The van der Waals surface area contributed by atoms with Crippen molar-refractivity contribution in [3.63, 3.8) is 0 Å². The van der Waals surface area contributed by atoms with Gasteiger partial charge >= 0.3 is 0 Å². The maximum absolute atomic E-state index is 6.04. The van der Waals surface area contributed by atoms with Gasteiger partial charge in [-0.2, -0.15) is 0 Å². The second-order valence-electron chi connectivity index (χ2n) is 8.52. The molecule has 2 atom stereocenters. The fraction of sp³-hybridized carbons (Fsp3) is 0.214. The van der Waals surface area contributed by atoms with E-state index in [1.807, 2.05) is 72.9 Å². The molecule has 6 nitrogen and oxygen atoms in total. The molecule has 3 heterocycles. The number of rotatable bonds is 8. The summed E-state index contributed by atoms with van der Waals surface area (Å²) in [5.41, 5.74) is 4.28. The third-order valence-corrected chi connectivity index (χ3v) is 6.49. The van der Waals surface area contributed by atoms with Gasteiger partial charge in [-0.3, -0.25) is 4.98 Å². The van der Waals surface area contributed by atoms with E-state index in [2.05, 4.69) is 45.0 Å². The van der Waals surface area contributed by atoms with E-state index in [-0.39, 0.29) is 12.1 Å². The zero-order valence-electron chi connectivity index (χ0n) is 19.8. The predicted octanol–water partition coefficient (Wildman–Crippen LogP) is 5.81. The SMILES string of the molecule is COCCn1cccc1[C@H]1[C@H](c2ccccn2)NC(=S)N1c1ccc(Oc2ccc(C)cc2)cc1. The number of nitrogens with one attached hydrogen (secondary N) is 1. The molecule has 1 aliphatic heterocycles. The highest BCUT2D eigenvalue weighted by Gasteiger charge is 2.42. The van der Waals surface area contributed by atoms with Crippen LogP contribution in [0.5, 0.6) is 11.5 Å². The third kappa shape index (κ3) is 4.92. The molecule has 178 valence electrons. The Morgan fingerprint density at radius 1 is 0.943 bits per heavy atom. The van der Waals surface area contributed by atoms with Crippen LogP contribution in [0.2, 0.25) is 0 Å². The third-order valence-electron chi connectivity index (χ3n) is 6.17. The Labute approximate surface area is 211 Å². The van der Waals surface area contributed by atoms with Crippen LogP contribution >= 0.6 is 12.2 Å². The highest BCUT2D eigenvalue weighted by Crippen LogP contribution is 2.42. The Kier molecular flexibility index (Phi) is 6.79. The van der Waals surface area contributed by atoms with Crippen molar-refractivity contribution >= 4 is 23.0 Å². The molecule has 2 aromatic carbocycles. The van der Waals surface area contributed by atoms with Crippen LogP contribution in [0.1, 0.15) is 29.0 Å². The van der Waals surface area contributed by atoms with E-state index in [1.54, 1.807) is 7.11 Å². The maximum Gasteiger partial charge on any atom is 0.174 e. The lowest BCUT2D eigenvalue weighted by Gasteiger charge is -2.29. The number of thiocarbonyl (C=S) groups is 1. The molecule has 0 spiro atoms. The van der Waals surface area contributed by atoms with Crippen molar-refractivity contribution < 1.29 is 9.47 Å². The van der Waals surface area contributed by atoms with Crippen molar-refractivity contribution in [3.8, 4) is 11.5 Å². The molecular weight excluding hydrogens is 456 g/mol. The summed E-state index contributed by atoms with van der Waals surface area (Å²) in [6.45, 7) is 3.45. The minimum Gasteiger partial charge on any atom is -0.457 e. The van der Waals surface area contributed by atoms with Gasteiger partial charge in [0.1, 0.15) is 17.5 Å². The van der Waals surface area contributed by atoms with Crippen LogP contribution < -0.4 is 15.0 Å². The van der Waals surface area contributed by atoms with E-state index in [1.165, 1.54) is 5.56 Å². The van der Waals surface area contributed by atoms with Crippen LogP contribution in [0.4, 0.5) is 5.69 Å². The van der Waals surface area contributed by atoms with E-state index < -0.39 is 0 Å². The Bertz CT molecular complexity index is 1270. The molecule has 0 bridgehead atoms. The summed E-state index contributed by atoms with van der Waals surface area (Å²) < 4.78 is 13.6. The van der Waals surface area contributed by atoms with Crippen molar-refractivity contribution in [1.29, 1.82) is 0 Å². The van der Waals surface area contributed by atoms with E-state index >= 15 is 0 Å². The lowest BCUT2D eigenvalue weighted by Crippen LogP contribution is -2.30. The summed E-state index contributed by atoms with van der Waals surface area (Å²) in [6.07, 6.45) is 3.91.